The molecule has 0 atom stereocenters. The number of hydrogen-bond donors (Lipinski definition) is 0. The third-order valence-electron chi connectivity index (χ3n) is 1.41. The molecule has 0 radical (unpaired) electrons. The zero-order valence-electron chi connectivity index (χ0n) is 6.35. The van der Waals surface area contributed by atoms with Crippen LogP contribution >= 0.6 is 0 Å². The van der Waals surface area contributed by atoms with E-state index in [1.54, 1.807) is 11.9 Å². The van der Waals surface area contributed by atoms with Gasteiger partial charge in [-0.25, -0.2) is 0 Å². The average molecular weight is 239 g/mol. The zero-order valence-corrected chi connectivity index (χ0v) is 8.06. The molecule has 1 rings (SSSR count). The van der Waals surface area contributed by atoms with Gasteiger partial charge in [0.1, 0.15) is 0 Å². The minimum atomic E-state index is -4.20. The second-order valence-electron chi connectivity index (χ2n) is 2.20. The summed E-state index contributed by atoms with van der Waals surface area (Å²) in [4.78, 5) is 0. The van der Waals surface area contributed by atoms with E-state index in [0.29, 0.717) is 4.46 Å². The first-order chi connectivity index (χ1) is 5.55. The Morgan fingerprint density at radius 2 is 1.75 bits per heavy atom. The van der Waals surface area contributed by atoms with E-state index >= 15 is 0 Å². The normalized spacial score (nSPS) is 11.7. The molecule has 1 aromatic carbocycles. The summed E-state index contributed by atoms with van der Waals surface area (Å²) in [5.41, 5.74) is -0.493. The Morgan fingerprint density at radius 1 is 1.17 bits per heavy atom. The molecule has 0 nitrogen and oxygen atoms in total. The van der Waals surface area contributed by atoms with Crippen molar-refractivity contribution in [3.8, 4) is 0 Å². The van der Waals surface area contributed by atoms with Crippen molar-refractivity contribution in [3.63, 3.8) is 0 Å². The predicted octanol–water partition coefficient (Wildman–Crippen LogP) is 2.08. The van der Waals surface area contributed by atoms with Crippen LogP contribution in [0.1, 0.15) is 5.56 Å². The summed E-state index contributed by atoms with van der Waals surface area (Å²) >= 11 is -0.105. The maximum absolute atomic E-state index is 12.2. The minimum absolute atomic E-state index is 0.105. The number of hydrogen-bond acceptors (Lipinski definition) is 0. The van der Waals surface area contributed by atoms with Crippen LogP contribution in [0.4, 0.5) is 13.2 Å². The Kier molecular flexibility index (Phi) is 2.80. The Hall–Kier alpha value is -0.471. The van der Waals surface area contributed by atoms with Crippen LogP contribution < -0.4 is 4.46 Å². The van der Waals surface area contributed by atoms with Crippen molar-refractivity contribution in [1.82, 2.24) is 0 Å². The molecule has 0 heterocycles. The number of rotatable bonds is 1. The third kappa shape index (κ3) is 2.02. The molecule has 0 aromatic heterocycles. The van der Waals surface area contributed by atoms with E-state index in [1.165, 1.54) is 12.1 Å². The van der Waals surface area contributed by atoms with Gasteiger partial charge in [-0.3, -0.25) is 0 Å². The van der Waals surface area contributed by atoms with Crippen LogP contribution in [0, 0.1) is 0 Å². The van der Waals surface area contributed by atoms with E-state index in [9.17, 15) is 13.2 Å². The summed E-state index contributed by atoms with van der Waals surface area (Å²) in [6.45, 7) is 0. The topological polar surface area (TPSA) is 0 Å². The van der Waals surface area contributed by atoms with Gasteiger partial charge in [0.2, 0.25) is 0 Å². The van der Waals surface area contributed by atoms with Crippen LogP contribution in [0.2, 0.25) is 5.82 Å². The maximum atomic E-state index is 12.2. The molecule has 12 heavy (non-hydrogen) atoms. The van der Waals surface area contributed by atoms with Crippen LogP contribution in [0.3, 0.4) is 0 Å². The molecule has 0 spiro atoms. The first kappa shape index (κ1) is 9.62. The predicted molar refractivity (Wildman–Crippen MR) is 42.7 cm³/mol. The summed E-state index contributed by atoms with van der Waals surface area (Å²) in [5, 5.41) is 0. The molecular weight excluding hydrogens is 232 g/mol. The zero-order chi connectivity index (χ0) is 9.19. The molecule has 0 aliphatic rings. The van der Waals surface area contributed by atoms with E-state index in [1.807, 2.05) is 0 Å². The number of alkyl halides is 3. The van der Waals surface area contributed by atoms with Crippen molar-refractivity contribution in [2.24, 2.45) is 0 Å². The van der Waals surface area contributed by atoms with Gasteiger partial charge in [0.15, 0.2) is 0 Å². The van der Waals surface area contributed by atoms with Gasteiger partial charge in [0.05, 0.1) is 0 Å². The molecule has 0 N–H and O–H groups in total. The van der Waals surface area contributed by atoms with Crippen LogP contribution in [0.5, 0.6) is 0 Å². The second kappa shape index (κ2) is 3.50. The van der Waals surface area contributed by atoms with Gasteiger partial charge in [-0.1, -0.05) is 0 Å². The molecule has 66 valence electrons. The fourth-order valence-corrected chi connectivity index (χ4v) is 2.18. The van der Waals surface area contributed by atoms with Crippen LogP contribution in [0.15, 0.2) is 24.3 Å². The van der Waals surface area contributed by atoms with Crippen molar-refractivity contribution < 1.29 is 13.2 Å². The molecule has 0 amide bonds. The Balaban J connectivity index is 3.14. The monoisotopic (exact) mass is 240 g/mol. The molecule has 4 heteroatoms. The van der Waals surface area contributed by atoms with Crippen LogP contribution in [0.25, 0.3) is 0 Å². The first-order valence-corrected chi connectivity index (χ1v) is 5.83. The molecule has 0 bridgehead atoms. The van der Waals surface area contributed by atoms with Crippen molar-refractivity contribution in [2.45, 2.75) is 12.0 Å². The Labute approximate surface area is 74.9 Å². The van der Waals surface area contributed by atoms with E-state index < -0.39 is 11.7 Å². The van der Waals surface area contributed by atoms with E-state index in [0.717, 1.165) is 6.07 Å². The van der Waals surface area contributed by atoms with Crippen molar-refractivity contribution in [1.29, 1.82) is 0 Å². The summed E-state index contributed by atoms with van der Waals surface area (Å²) in [6.07, 6.45) is -4.20. The van der Waals surface area contributed by atoms with Gasteiger partial charge in [-0.2, -0.15) is 0 Å². The fraction of sp³-hybridized carbons (Fsp3) is 0.250. The van der Waals surface area contributed by atoms with Gasteiger partial charge in [-0.15, -0.1) is 0 Å². The molecule has 0 saturated carbocycles. The van der Waals surface area contributed by atoms with E-state index in [2.05, 4.69) is 0 Å². The van der Waals surface area contributed by atoms with Crippen molar-refractivity contribution in [3.05, 3.63) is 29.8 Å². The summed E-state index contributed by atoms with van der Waals surface area (Å²) < 4.78 is 37.2. The van der Waals surface area contributed by atoms with Crippen LogP contribution in [-0.2, 0) is 6.18 Å². The summed E-state index contributed by atoms with van der Waals surface area (Å²) in [6, 6.07) is 5.71. The average Bonchev–Trinajstić information content (AvgIpc) is 2.03. The summed E-state index contributed by atoms with van der Waals surface area (Å²) in [5.74, 6) is 1.78. The number of halogens is 3. The van der Waals surface area contributed by atoms with Gasteiger partial charge in [0.25, 0.3) is 0 Å². The van der Waals surface area contributed by atoms with E-state index in [4.69, 9.17) is 0 Å². The van der Waals surface area contributed by atoms with Gasteiger partial charge < -0.3 is 0 Å². The van der Waals surface area contributed by atoms with Crippen LogP contribution in [-0.4, -0.2) is 15.0 Å². The van der Waals surface area contributed by atoms with E-state index in [-0.39, 0.29) is 15.0 Å². The molecule has 1 aromatic rings. The quantitative estimate of drug-likeness (QED) is 0.658. The third-order valence-corrected chi connectivity index (χ3v) is 3.08. The second-order valence-corrected chi connectivity index (χ2v) is 3.98. The molecule has 0 fully saturated rings. The Morgan fingerprint density at radius 3 is 2.17 bits per heavy atom. The number of benzene rings is 1. The van der Waals surface area contributed by atoms with Gasteiger partial charge in [0, 0.05) is 0 Å². The molecule has 0 unspecified atom stereocenters. The fourth-order valence-electron chi connectivity index (χ4n) is 0.879. The standard InChI is InChI=1S/C8H7F3Se/c1-12-7-5-3-2-4-6(7)8(9,10)11/h2-5H,1H3. The molecular formula is C8H7F3Se. The first-order valence-electron chi connectivity index (χ1n) is 3.26. The SMILES string of the molecule is C[Se]c1ccccc1C(F)(F)F. The Bertz CT molecular complexity index is 267. The van der Waals surface area contributed by atoms with Gasteiger partial charge >= 0.3 is 74.4 Å². The summed E-state index contributed by atoms with van der Waals surface area (Å²) in [7, 11) is 0. The molecule has 0 aliphatic carbocycles. The van der Waals surface area contributed by atoms with Crippen molar-refractivity contribution in [2.75, 3.05) is 0 Å². The van der Waals surface area contributed by atoms with Crippen molar-refractivity contribution >= 4 is 19.4 Å². The van der Waals surface area contributed by atoms with Gasteiger partial charge in [-0.05, 0) is 0 Å². The molecule has 0 aliphatic heterocycles. The molecule has 0 saturated heterocycles.